The van der Waals surface area contributed by atoms with Crippen molar-refractivity contribution in [3.05, 3.63) is 39.7 Å². The first-order chi connectivity index (χ1) is 8.49. The first-order valence-electron chi connectivity index (χ1n) is 4.90. The predicted octanol–water partition coefficient (Wildman–Crippen LogP) is 3.11. The summed E-state index contributed by atoms with van der Waals surface area (Å²) in [4.78, 5) is 10.8. The molecule has 7 heteroatoms. The van der Waals surface area contributed by atoms with Crippen molar-refractivity contribution in [2.45, 2.75) is 6.92 Å². The molecule has 18 heavy (non-hydrogen) atoms. The first-order valence-corrected chi connectivity index (χ1v) is 5.69. The number of carbonyl (C=O) groups is 1. The summed E-state index contributed by atoms with van der Waals surface area (Å²) in [5.74, 6) is -1.89. The summed E-state index contributed by atoms with van der Waals surface area (Å²) in [7, 11) is 0. The zero-order valence-corrected chi connectivity index (χ0v) is 10.8. The maximum absolute atomic E-state index is 13.8. The van der Waals surface area contributed by atoms with Crippen molar-refractivity contribution in [1.29, 1.82) is 0 Å². The van der Waals surface area contributed by atoms with Crippen LogP contribution in [0.4, 0.5) is 4.39 Å². The average molecular weight is 315 g/mol. The number of H-pyrrole nitrogens is 1. The molecule has 1 heterocycles. The normalized spacial score (nSPS) is 10.4. The van der Waals surface area contributed by atoms with Gasteiger partial charge in [-0.3, -0.25) is 5.10 Å². The molecule has 0 aliphatic carbocycles. The van der Waals surface area contributed by atoms with E-state index in [1.54, 1.807) is 13.0 Å². The second-order valence-corrected chi connectivity index (χ2v) is 4.33. The molecular weight excluding hydrogens is 307 g/mol. The second kappa shape index (κ2) is 4.77. The Labute approximate surface area is 110 Å². The standard InChI is InChI=1S/C11H8BrFN2O3/c1-5-4-8(15-14-5)18-7-3-2-6(11(16)17)9(12)10(7)13/h2-4H,1H3,(H,14,15)(H,16,17). The van der Waals surface area contributed by atoms with Gasteiger partial charge in [-0.25, -0.2) is 9.18 Å². The molecule has 1 aromatic heterocycles. The molecule has 0 saturated carbocycles. The van der Waals surface area contributed by atoms with Crippen molar-refractivity contribution in [1.82, 2.24) is 10.2 Å². The van der Waals surface area contributed by atoms with E-state index in [1.807, 2.05) is 0 Å². The highest BCUT2D eigenvalue weighted by Gasteiger charge is 2.17. The van der Waals surface area contributed by atoms with Gasteiger partial charge in [0.15, 0.2) is 11.6 Å². The van der Waals surface area contributed by atoms with Crippen molar-refractivity contribution in [2.24, 2.45) is 0 Å². The molecule has 0 radical (unpaired) electrons. The quantitative estimate of drug-likeness (QED) is 0.912. The van der Waals surface area contributed by atoms with Gasteiger partial charge in [0.05, 0.1) is 10.0 Å². The van der Waals surface area contributed by atoms with Crippen LogP contribution < -0.4 is 4.74 Å². The highest BCUT2D eigenvalue weighted by molar-refractivity contribution is 9.10. The molecule has 0 unspecified atom stereocenters. The molecular formula is C11H8BrFN2O3. The maximum atomic E-state index is 13.8. The molecule has 0 fully saturated rings. The lowest BCUT2D eigenvalue weighted by Gasteiger charge is -2.06. The predicted molar refractivity (Wildman–Crippen MR) is 64.5 cm³/mol. The second-order valence-electron chi connectivity index (χ2n) is 3.54. The number of nitrogens with zero attached hydrogens (tertiary/aromatic N) is 1. The fourth-order valence-electron chi connectivity index (χ4n) is 1.33. The Morgan fingerprint density at radius 1 is 1.56 bits per heavy atom. The number of nitrogens with one attached hydrogen (secondary N) is 1. The van der Waals surface area contributed by atoms with E-state index in [1.165, 1.54) is 12.1 Å². The van der Waals surface area contributed by atoms with E-state index in [2.05, 4.69) is 26.1 Å². The monoisotopic (exact) mass is 314 g/mol. The van der Waals surface area contributed by atoms with E-state index in [9.17, 15) is 9.18 Å². The van der Waals surface area contributed by atoms with Crippen LogP contribution >= 0.6 is 15.9 Å². The molecule has 1 aromatic carbocycles. The Hall–Kier alpha value is -1.89. The number of hydrogen-bond donors (Lipinski definition) is 2. The van der Waals surface area contributed by atoms with Gasteiger partial charge in [0.2, 0.25) is 5.88 Å². The number of benzene rings is 1. The number of aromatic nitrogens is 2. The Kier molecular flexibility index (Phi) is 3.33. The number of aryl methyl sites for hydroxylation is 1. The lowest BCUT2D eigenvalue weighted by molar-refractivity contribution is 0.0695. The third kappa shape index (κ3) is 2.35. The molecule has 94 valence electrons. The molecule has 2 rings (SSSR count). The zero-order valence-electron chi connectivity index (χ0n) is 9.20. The van der Waals surface area contributed by atoms with Gasteiger partial charge in [0.25, 0.3) is 0 Å². The van der Waals surface area contributed by atoms with Crippen LogP contribution in [0, 0.1) is 12.7 Å². The molecule has 0 bridgehead atoms. The molecule has 0 amide bonds. The van der Waals surface area contributed by atoms with Crippen LogP contribution in [0.25, 0.3) is 0 Å². The Morgan fingerprint density at radius 2 is 2.28 bits per heavy atom. The molecule has 0 aliphatic rings. The van der Waals surface area contributed by atoms with Crippen molar-refractivity contribution in [3.8, 4) is 11.6 Å². The molecule has 2 aromatic rings. The van der Waals surface area contributed by atoms with Crippen LogP contribution in [-0.2, 0) is 0 Å². The Morgan fingerprint density at radius 3 is 2.83 bits per heavy atom. The number of hydrogen-bond acceptors (Lipinski definition) is 3. The summed E-state index contributed by atoms with van der Waals surface area (Å²) in [6, 6.07) is 4.09. The van der Waals surface area contributed by atoms with E-state index in [4.69, 9.17) is 9.84 Å². The summed E-state index contributed by atoms with van der Waals surface area (Å²) in [5, 5.41) is 15.3. The topological polar surface area (TPSA) is 75.2 Å². The summed E-state index contributed by atoms with van der Waals surface area (Å²) < 4.78 is 18.9. The van der Waals surface area contributed by atoms with Crippen LogP contribution in [0.2, 0.25) is 0 Å². The summed E-state index contributed by atoms with van der Waals surface area (Å²) in [6.45, 7) is 1.78. The lowest BCUT2D eigenvalue weighted by atomic mass is 10.2. The van der Waals surface area contributed by atoms with E-state index in [0.717, 1.165) is 5.69 Å². The van der Waals surface area contributed by atoms with Gasteiger partial charge in [-0.1, -0.05) is 0 Å². The van der Waals surface area contributed by atoms with Crippen LogP contribution in [0.15, 0.2) is 22.7 Å². The lowest BCUT2D eigenvalue weighted by Crippen LogP contribution is -2.00. The van der Waals surface area contributed by atoms with Gasteiger partial charge in [0.1, 0.15) is 0 Å². The van der Waals surface area contributed by atoms with Gasteiger partial charge < -0.3 is 9.84 Å². The number of carboxylic acid groups (broad SMARTS) is 1. The first kappa shape index (κ1) is 12.6. The van der Waals surface area contributed by atoms with Gasteiger partial charge in [-0.05, 0) is 35.0 Å². The van der Waals surface area contributed by atoms with Gasteiger partial charge in [-0.15, -0.1) is 5.10 Å². The van der Waals surface area contributed by atoms with E-state index in [0.29, 0.717) is 0 Å². The number of aromatic amines is 1. The zero-order chi connectivity index (χ0) is 13.3. The van der Waals surface area contributed by atoms with Crippen molar-refractivity contribution < 1.29 is 19.0 Å². The SMILES string of the molecule is Cc1cc(Oc2ccc(C(=O)O)c(Br)c2F)n[nH]1. The van der Waals surface area contributed by atoms with Crippen LogP contribution in [0.3, 0.4) is 0 Å². The summed E-state index contributed by atoms with van der Waals surface area (Å²) >= 11 is 2.89. The van der Waals surface area contributed by atoms with Crippen molar-refractivity contribution in [3.63, 3.8) is 0 Å². The molecule has 2 N–H and O–H groups in total. The minimum Gasteiger partial charge on any atom is -0.478 e. The number of ether oxygens (including phenoxy) is 1. The van der Waals surface area contributed by atoms with E-state index in [-0.39, 0.29) is 21.7 Å². The number of aromatic carboxylic acids is 1. The third-order valence-corrected chi connectivity index (χ3v) is 2.95. The van der Waals surface area contributed by atoms with Gasteiger partial charge in [0, 0.05) is 11.8 Å². The summed E-state index contributed by atoms with van der Waals surface area (Å²) in [6.07, 6.45) is 0. The van der Waals surface area contributed by atoms with Gasteiger partial charge >= 0.3 is 5.97 Å². The largest absolute Gasteiger partial charge is 0.478 e. The van der Waals surface area contributed by atoms with E-state index < -0.39 is 11.8 Å². The number of halogens is 2. The minimum atomic E-state index is -1.22. The molecule has 5 nitrogen and oxygen atoms in total. The molecule has 0 aliphatic heterocycles. The number of carboxylic acids is 1. The van der Waals surface area contributed by atoms with Crippen LogP contribution in [0.1, 0.15) is 16.1 Å². The Bertz CT molecular complexity index is 612. The van der Waals surface area contributed by atoms with Crippen LogP contribution in [-0.4, -0.2) is 21.3 Å². The highest BCUT2D eigenvalue weighted by atomic mass is 79.9. The summed E-state index contributed by atoms with van der Waals surface area (Å²) in [5.41, 5.74) is 0.602. The smallest absolute Gasteiger partial charge is 0.336 e. The Balaban J connectivity index is 2.35. The number of rotatable bonds is 3. The highest BCUT2D eigenvalue weighted by Crippen LogP contribution is 2.31. The fraction of sp³-hybridized carbons (Fsp3) is 0.0909. The van der Waals surface area contributed by atoms with Crippen molar-refractivity contribution >= 4 is 21.9 Å². The van der Waals surface area contributed by atoms with Crippen molar-refractivity contribution in [2.75, 3.05) is 0 Å². The van der Waals surface area contributed by atoms with E-state index >= 15 is 0 Å². The fourth-order valence-corrected chi connectivity index (χ4v) is 1.83. The molecule has 0 spiro atoms. The molecule has 0 atom stereocenters. The molecule has 0 saturated heterocycles. The maximum Gasteiger partial charge on any atom is 0.336 e. The van der Waals surface area contributed by atoms with Gasteiger partial charge in [-0.2, -0.15) is 0 Å². The average Bonchev–Trinajstić information content (AvgIpc) is 2.70. The minimum absolute atomic E-state index is 0.0987. The third-order valence-electron chi connectivity index (χ3n) is 2.17. The van der Waals surface area contributed by atoms with Crippen LogP contribution in [0.5, 0.6) is 11.6 Å².